The Balaban J connectivity index is 2.10. The van der Waals surface area contributed by atoms with Gasteiger partial charge in [0.1, 0.15) is 0 Å². The second kappa shape index (κ2) is 5.70. The topological polar surface area (TPSA) is 40.5 Å². The van der Waals surface area contributed by atoms with Crippen LogP contribution in [0.4, 0.5) is 0 Å². The van der Waals surface area contributed by atoms with Gasteiger partial charge in [0.2, 0.25) is 0 Å². The lowest BCUT2D eigenvalue weighted by molar-refractivity contribution is -0.148. The predicted octanol–water partition coefficient (Wildman–Crippen LogP) is 3.68. The summed E-state index contributed by atoms with van der Waals surface area (Å²) in [5, 5.41) is 10.7. The first-order valence-corrected chi connectivity index (χ1v) is 7.12. The van der Waals surface area contributed by atoms with Gasteiger partial charge >= 0.3 is 5.97 Å². The molecule has 0 amide bonds. The summed E-state index contributed by atoms with van der Waals surface area (Å²) in [6.45, 7) is 3.93. The summed E-state index contributed by atoms with van der Waals surface area (Å²) in [4.78, 5) is 13.5. The van der Waals surface area contributed by atoms with Crippen molar-refractivity contribution in [2.75, 3.05) is 13.1 Å². The van der Waals surface area contributed by atoms with E-state index in [0.717, 1.165) is 12.1 Å². The maximum atomic E-state index is 11.4. The van der Waals surface area contributed by atoms with E-state index >= 15 is 0 Å². The number of benzene rings is 1. The largest absolute Gasteiger partial charge is 0.481 e. The van der Waals surface area contributed by atoms with Crippen molar-refractivity contribution in [1.82, 2.24) is 4.90 Å². The van der Waals surface area contributed by atoms with Gasteiger partial charge in [-0.3, -0.25) is 9.69 Å². The Morgan fingerprint density at radius 1 is 1.47 bits per heavy atom. The summed E-state index contributed by atoms with van der Waals surface area (Å²) < 4.78 is 0. The second-order valence-corrected chi connectivity index (χ2v) is 5.98. The molecule has 0 saturated carbocycles. The van der Waals surface area contributed by atoms with Crippen LogP contribution in [-0.2, 0) is 11.3 Å². The minimum absolute atomic E-state index is 0.571. The quantitative estimate of drug-likeness (QED) is 0.922. The number of nitrogens with zero attached hydrogens (tertiary/aromatic N) is 1. The monoisotopic (exact) mass is 301 g/mol. The van der Waals surface area contributed by atoms with Crippen molar-refractivity contribution in [3.63, 3.8) is 0 Å². The van der Waals surface area contributed by atoms with Gasteiger partial charge < -0.3 is 5.11 Å². The molecule has 0 spiro atoms. The Morgan fingerprint density at radius 3 is 2.79 bits per heavy atom. The van der Waals surface area contributed by atoms with Gasteiger partial charge in [-0.1, -0.05) is 30.1 Å². The molecule has 0 aliphatic carbocycles. The molecule has 0 aromatic heterocycles. The van der Waals surface area contributed by atoms with E-state index in [2.05, 4.69) is 4.90 Å². The maximum Gasteiger partial charge on any atom is 0.310 e. The lowest BCUT2D eigenvalue weighted by Crippen LogP contribution is -2.33. The van der Waals surface area contributed by atoms with Gasteiger partial charge in [-0.05, 0) is 43.1 Å². The van der Waals surface area contributed by atoms with E-state index in [1.807, 2.05) is 13.0 Å². The number of aliphatic carboxylic acids is 1. The molecule has 2 rings (SSSR count). The summed E-state index contributed by atoms with van der Waals surface area (Å²) in [6, 6.07) is 5.38. The zero-order chi connectivity index (χ0) is 14.0. The van der Waals surface area contributed by atoms with Crippen molar-refractivity contribution < 1.29 is 9.90 Å². The fourth-order valence-electron chi connectivity index (χ4n) is 2.61. The highest BCUT2D eigenvalue weighted by molar-refractivity contribution is 6.33. The van der Waals surface area contributed by atoms with Crippen molar-refractivity contribution >= 4 is 29.2 Å². The highest BCUT2D eigenvalue weighted by Crippen LogP contribution is 2.35. The van der Waals surface area contributed by atoms with E-state index in [4.69, 9.17) is 23.2 Å². The van der Waals surface area contributed by atoms with Crippen molar-refractivity contribution in [2.45, 2.75) is 26.3 Å². The summed E-state index contributed by atoms with van der Waals surface area (Å²) in [7, 11) is 0. The SMILES string of the molecule is CCC1(C(=O)O)CCN(Cc2cc(Cl)ccc2Cl)C1. The highest BCUT2D eigenvalue weighted by Gasteiger charge is 2.43. The average molecular weight is 302 g/mol. The molecule has 19 heavy (non-hydrogen) atoms. The Labute approximate surface area is 123 Å². The number of halogens is 2. The summed E-state index contributed by atoms with van der Waals surface area (Å²) in [5.74, 6) is -0.699. The van der Waals surface area contributed by atoms with E-state index in [1.165, 1.54) is 0 Å². The maximum absolute atomic E-state index is 11.4. The molecular weight excluding hydrogens is 285 g/mol. The number of carboxylic acid groups (broad SMARTS) is 1. The lowest BCUT2D eigenvalue weighted by atomic mass is 9.84. The molecule has 1 N–H and O–H groups in total. The lowest BCUT2D eigenvalue weighted by Gasteiger charge is -2.23. The molecule has 1 aliphatic rings. The minimum Gasteiger partial charge on any atom is -0.481 e. The molecule has 1 heterocycles. The molecule has 1 aromatic carbocycles. The van der Waals surface area contributed by atoms with Crippen LogP contribution in [0, 0.1) is 5.41 Å². The number of likely N-dealkylation sites (tertiary alicyclic amines) is 1. The van der Waals surface area contributed by atoms with Crippen LogP contribution in [0.2, 0.25) is 10.0 Å². The summed E-state index contributed by atoms with van der Waals surface area (Å²) in [5.41, 5.74) is 0.344. The average Bonchev–Trinajstić information content (AvgIpc) is 2.79. The van der Waals surface area contributed by atoms with Crippen molar-refractivity contribution in [3.8, 4) is 0 Å². The third kappa shape index (κ3) is 3.04. The van der Waals surface area contributed by atoms with Crippen molar-refractivity contribution in [2.24, 2.45) is 5.41 Å². The minimum atomic E-state index is -0.699. The predicted molar refractivity (Wildman–Crippen MR) is 76.7 cm³/mol. The highest BCUT2D eigenvalue weighted by atomic mass is 35.5. The van der Waals surface area contributed by atoms with Gasteiger partial charge in [0.25, 0.3) is 0 Å². The molecule has 1 aliphatic heterocycles. The van der Waals surface area contributed by atoms with Crippen LogP contribution in [0.5, 0.6) is 0 Å². The molecule has 1 saturated heterocycles. The molecule has 5 heteroatoms. The second-order valence-electron chi connectivity index (χ2n) is 5.14. The zero-order valence-electron chi connectivity index (χ0n) is 10.8. The Bertz CT molecular complexity index is 492. The first kappa shape index (κ1) is 14.6. The number of carbonyl (C=O) groups is 1. The van der Waals surface area contributed by atoms with Crippen LogP contribution in [0.1, 0.15) is 25.3 Å². The van der Waals surface area contributed by atoms with E-state index in [-0.39, 0.29) is 0 Å². The van der Waals surface area contributed by atoms with Crippen molar-refractivity contribution in [1.29, 1.82) is 0 Å². The standard InChI is InChI=1S/C14H17Cl2NO2/c1-2-14(13(18)19)5-6-17(9-14)8-10-7-11(15)3-4-12(10)16/h3-4,7H,2,5-6,8-9H2,1H3,(H,18,19). The van der Waals surface area contributed by atoms with E-state index in [1.54, 1.807) is 12.1 Å². The molecule has 1 unspecified atom stereocenters. The Kier molecular flexibility index (Phi) is 4.39. The van der Waals surface area contributed by atoms with E-state index in [9.17, 15) is 9.90 Å². The van der Waals surface area contributed by atoms with Gasteiger partial charge in [0.15, 0.2) is 0 Å². The molecule has 1 aromatic rings. The van der Waals surface area contributed by atoms with Crippen LogP contribution >= 0.6 is 23.2 Å². The molecule has 3 nitrogen and oxygen atoms in total. The molecule has 104 valence electrons. The molecule has 1 atom stereocenters. The molecule has 0 bridgehead atoms. The number of carboxylic acids is 1. The molecule has 1 fully saturated rings. The fourth-order valence-corrected chi connectivity index (χ4v) is 2.98. The van der Waals surface area contributed by atoms with Crippen LogP contribution in [0.25, 0.3) is 0 Å². The van der Waals surface area contributed by atoms with E-state index in [0.29, 0.717) is 36.0 Å². The number of rotatable bonds is 4. The summed E-state index contributed by atoms with van der Waals surface area (Å²) in [6.07, 6.45) is 1.35. The first-order chi connectivity index (χ1) is 8.97. The third-order valence-corrected chi connectivity index (χ3v) is 4.57. The van der Waals surface area contributed by atoms with E-state index < -0.39 is 11.4 Å². The van der Waals surface area contributed by atoms with Crippen molar-refractivity contribution in [3.05, 3.63) is 33.8 Å². The van der Waals surface area contributed by atoms with Crippen LogP contribution < -0.4 is 0 Å². The van der Waals surface area contributed by atoms with Gasteiger partial charge in [-0.15, -0.1) is 0 Å². The zero-order valence-corrected chi connectivity index (χ0v) is 12.3. The number of hydrogen-bond donors (Lipinski definition) is 1. The third-order valence-electron chi connectivity index (χ3n) is 3.97. The molecular formula is C14H17Cl2NO2. The van der Waals surface area contributed by atoms with Crippen LogP contribution in [-0.4, -0.2) is 29.1 Å². The van der Waals surface area contributed by atoms with Gasteiger partial charge in [0, 0.05) is 23.1 Å². The first-order valence-electron chi connectivity index (χ1n) is 6.36. The van der Waals surface area contributed by atoms with Gasteiger partial charge in [0.05, 0.1) is 5.41 Å². The van der Waals surface area contributed by atoms with Gasteiger partial charge in [-0.2, -0.15) is 0 Å². The summed E-state index contributed by atoms with van der Waals surface area (Å²) >= 11 is 12.1. The normalized spacial score (nSPS) is 23.7. The van der Waals surface area contributed by atoms with Crippen LogP contribution in [0.15, 0.2) is 18.2 Å². The Hall–Kier alpha value is -0.770. The fraction of sp³-hybridized carbons (Fsp3) is 0.500. The molecule has 0 radical (unpaired) electrons. The smallest absolute Gasteiger partial charge is 0.310 e. The van der Waals surface area contributed by atoms with Crippen LogP contribution in [0.3, 0.4) is 0 Å². The Morgan fingerprint density at radius 2 is 2.21 bits per heavy atom. The van der Waals surface area contributed by atoms with Gasteiger partial charge in [-0.25, -0.2) is 0 Å². The number of hydrogen-bond acceptors (Lipinski definition) is 2.